The van der Waals surface area contributed by atoms with Crippen LogP contribution in [-0.4, -0.2) is 30.0 Å². The first-order valence-corrected chi connectivity index (χ1v) is 8.18. The predicted molar refractivity (Wildman–Crippen MR) is 84.3 cm³/mol. The maximum Gasteiger partial charge on any atom is 0.224 e. The van der Waals surface area contributed by atoms with Gasteiger partial charge < -0.3 is 10.1 Å². The maximum atomic E-state index is 12.3. The zero-order valence-electron chi connectivity index (χ0n) is 12.2. The fourth-order valence-electron chi connectivity index (χ4n) is 2.56. The SMILES string of the molecule is Cc1ccc(C)c(CC(=O)NC2(CBr)CCOCC2)c1. The molecule has 1 amide bonds. The Morgan fingerprint density at radius 1 is 1.35 bits per heavy atom. The van der Waals surface area contributed by atoms with E-state index in [2.05, 4.69) is 53.3 Å². The van der Waals surface area contributed by atoms with Gasteiger partial charge in [0.2, 0.25) is 5.91 Å². The highest BCUT2D eigenvalue weighted by atomic mass is 79.9. The van der Waals surface area contributed by atoms with E-state index >= 15 is 0 Å². The second-order valence-electron chi connectivity index (χ2n) is 5.68. The molecule has 110 valence electrons. The molecule has 20 heavy (non-hydrogen) atoms. The van der Waals surface area contributed by atoms with Crippen molar-refractivity contribution in [3.8, 4) is 0 Å². The van der Waals surface area contributed by atoms with Crippen LogP contribution in [0.4, 0.5) is 0 Å². The predicted octanol–water partition coefficient (Wildman–Crippen LogP) is 2.91. The standard InChI is InChI=1S/C16H22BrNO2/c1-12-3-4-13(2)14(9-12)10-15(19)18-16(11-17)5-7-20-8-6-16/h3-4,9H,5-8,10-11H2,1-2H3,(H,18,19). The summed E-state index contributed by atoms with van der Waals surface area (Å²) in [4.78, 5) is 12.3. The Morgan fingerprint density at radius 2 is 2.05 bits per heavy atom. The molecule has 1 aliphatic heterocycles. The van der Waals surface area contributed by atoms with Crippen molar-refractivity contribution in [3.05, 3.63) is 34.9 Å². The second kappa shape index (κ2) is 6.72. The van der Waals surface area contributed by atoms with E-state index in [-0.39, 0.29) is 11.4 Å². The molecule has 1 N–H and O–H groups in total. The van der Waals surface area contributed by atoms with Crippen LogP contribution in [0.1, 0.15) is 29.5 Å². The van der Waals surface area contributed by atoms with Crippen LogP contribution in [-0.2, 0) is 16.0 Å². The van der Waals surface area contributed by atoms with Crippen LogP contribution in [0.2, 0.25) is 0 Å². The lowest BCUT2D eigenvalue weighted by atomic mass is 9.92. The van der Waals surface area contributed by atoms with E-state index < -0.39 is 0 Å². The normalized spacial score (nSPS) is 17.8. The van der Waals surface area contributed by atoms with Crippen LogP contribution in [0, 0.1) is 13.8 Å². The fraction of sp³-hybridized carbons (Fsp3) is 0.562. The van der Waals surface area contributed by atoms with Gasteiger partial charge in [0.15, 0.2) is 0 Å². The summed E-state index contributed by atoms with van der Waals surface area (Å²) in [6.07, 6.45) is 2.19. The summed E-state index contributed by atoms with van der Waals surface area (Å²) >= 11 is 3.54. The van der Waals surface area contributed by atoms with E-state index in [0.29, 0.717) is 6.42 Å². The van der Waals surface area contributed by atoms with Crippen LogP contribution in [0.25, 0.3) is 0 Å². The first-order chi connectivity index (χ1) is 9.54. The number of ether oxygens (including phenoxy) is 1. The zero-order valence-corrected chi connectivity index (χ0v) is 13.8. The second-order valence-corrected chi connectivity index (χ2v) is 6.24. The molecule has 2 rings (SSSR count). The summed E-state index contributed by atoms with van der Waals surface area (Å²) in [5.74, 6) is 0.0973. The fourth-order valence-corrected chi connectivity index (χ4v) is 3.26. The molecule has 0 saturated carbocycles. The Kier molecular flexibility index (Phi) is 5.22. The van der Waals surface area contributed by atoms with Crippen LogP contribution in [0.15, 0.2) is 18.2 Å². The molecule has 0 bridgehead atoms. The third kappa shape index (κ3) is 3.83. The average molecular weight is 340 g/mol. The van der Waals surface area contributed by atoms with Crippen molar-refractivity contribution in [2.75, 3.05) is 18.5 Å². The number of benzene rings is 1. The molecular formula is C16H22BrNO2. The molecular weight excluding hydrogens is 318 g/mol. The summed E-state index contributed by atoms with van der Waals surface area (Å²) in [6.45, 7) is 5.54. The van der Waals surface area contributed by atoms with Crippen molar-refractivity contribution in [1.29, 1.82) is 0 Å². The summed E-state index contributed by atoms with van der Waals surface area (Å²) in [5, 5.41) is 3.99. The van der Waals surface area contributed by atoms with Crippen LogP contribution in [0.5, 0.6) is 0 Å². The van der Waals surface area contributed by atoms with Gasteiger partial charge >= 0.3 is 0 Å². The minimum absolute atomic E-state index is 0.0973. The minimum atomic E-state index is -0.146. The monoisotopic (exact) mass is 339 g/mol. The average Bonchev–Trinajstić information content (AvgIpc) is 2.44. The molecule has 3 nitrogen and oxygen atoms in total. The molecule has 0 atom stereocenters. The van der Waals surface area contributed by atoms with Gasteiger partial charge in [-0.15, -0.1) is 0 Å². The molecule has 1 fully saturated rings. The third-order valence-corrected chi connectivity index (χ3v) is 5.04. The highest BCUT2D eigenvalue weighted by Gasteiger charge is 2.32. The first-order valence-electron chi connectivity index (χ1n) is 7.05. The van der Waals surface area contributed by atoms with Gasteiger partial charge in [0.1, 0.15) is 0 Å². The van der Waals surface area contributed by atoms with Gasteiger partial charge in [-0.3, -0.25) is 4.79 Å². The van der Waals surface area contributed by atoms with Gasteiger partial charge in [-0.05, 0) is 37.8 Å². The van der Waals surface area contributed by atoms with E-state index in [1.807, 2.05) is 0 Å². The largest absolute Gasteiger partial charge is 0.381 e. The van der Waals surface area contributed by atoms with Crippen LogP contribution in [0.3, 0.4) is 0 Å². The number of amides is 1. The maximum absolute atomic E-state index is 12.3. The van der Waals surface area contributed by atoms with Gasteiger partial charge in [0, 0.05) is 18.5 Å². The smallest absolute Gasteiger partial charge is 0.224 e. The molecule has 4 heteroatoms. The van der Waals surface area contributed by atoms with Gasteiger partial charge in [0.05, 0.1) is 12.0 Å². The van der Waals surface area contributed by atoms with Crippen molar-refractivity contribution in [2.24, 2.45) is 0 Å². The van der Waals surface area contributed by atoms with Crippen molar-refractivity contribution < 1.29 is 9.53 Å². The Hall–Kier alpha value is -0.870. The number of aryl methyl sites for hydroxylation is 2. The van der Waals surface area contributed by atoms with Gasteiger partial charge in [-0.25, -0.2) is 0 Å². The lowest BCUT2D eigenvalue weighted by molar-refractivity contribution is -0.123. The first kappa shape index (κ1) is 15.5. The highest BCUT2D eigenvalue weighted by molar-refractivity contribution is 9.09. The number of alkyl halides is 1. The van der Waals surface area contributed by atoms with Crippen molar-refractivity contribution >= 4 is 21.8 Å². The third-order valence-electron chi connectivity index (χ3n) is 3.97. The van der Waals surface area contributed by atoms with E-state index in [4.69, 9.17) is 4.74 Å². The molecule has 1 aromatic rings. The van der Waals surface area contributed by atoms with E-state index in [1.165, 1.54) is 11.1 Å². The minimum Gasteiger partial charge on any atom is -0.381 e. The van der Waals surface area contributed by atoms with Crippen molar-refractivity contribution in [1.82, 2.24) is 5.32 Å². The Bertz CT molecular complexity index is 481. The number of hydrogen-bond donors (Lipinski definition) is 1. The molecule has 0 radical (unpaired) electrons. The Balaban J connectivity index is 2.02. The number of halogens is 1. The summed E-state index contributed by atoms with van der Waals surface area (Å²) in [7, 11) is 0. The Labute approximate surface area is 129 Å². The molecule has 1 heterocycles. The Morgan fingerprint density at radius 3 is 2.70 bits per heavy atom. The number of carbonyl (C=O) groups is 1. The van der Waals surface area contributed by atoms with Gasteiger partial charge in [-0.1, -0.05) is 39.7 Å². The number of hydrogen-bond acceptors (Lipinski definition) is 2. The van der Waals surface area contributed by atoms with Crippen LogP contribution >= 0.6 is 15.9 Å². The molecule has 0 unspecified atom stereocenters. The quantitative estimate of drug-likeness (QED) is 0.856. The molecule has 1 aromatic carbocycles. The molecule has 1 saturated heterocycles. The number of nitrogens with one attached hydrogen (secondary N) is 1. The number of rotatable bonds is 4. The molecule has 0 aromatic heterocycles. The lowest BCUT2D eigenvalue weighted by Gasteiger charge is -2.36. The van der Waals surface area contributed by atoms with Gasteiger partial charge in [-0.2, -0.15) is 0 Å². The molecule has 0 spiro atoms. The van der Waals surface area contributed by atoms with E-state index in [9.17, 15) is 4.79 Å². The van der Waals surface area contributed by atoms with E-state index in [0.717, 1.165) is 36.9 Å². The van der Waals surface area contributed by atoms with Crippen molar-refractivity contribution in [3.63, 3.8) is 0 Å². The van der Waals surface area contributed by atoms with Crippen LogP contribution < -0.4 is 5.32 Å². The topological polar surface area (TPSA) is 38.3 Å². The molecule has 1 aliphatic rings. The lowest BCUT2D eigenvalue weighted by Crippen LogP contribution is -2.53. The highest BCUT2D eigenvalue weighted by Crippen LogP contribution is 2.23. The summed E-state index contributed by atoms with van der Waals surface area (Å²) in [6, 6.07) is 6.25. The van der Waals surface area contributed by atoms with Gasteiger partial charge in [0.25, 0.3) is 0 Å². The zero-order chi connectivity index (χ0) is 14.6. The van der Waals surface area contributed by atoms with Crippen molar-refractivity contribution in [2.45, 2.75) is 38.6 Å². The summed E-state index contributed by atoms with van der Waals surface area (Å²) < 4.78 is 5.39. The summed E-state index contributed by atoms with van der Waals surface area (Å²) in [5.41, 5.74) is 3.33. The van der Waals surface area contributed by atoms with E-state index in [1.54, 1.807) is 0 Å². The molecule has 0 aliphatic carbocycles. The number of carbonyl (C=O) groups excluding carboxylic acids is 1.